The van der Waals surface area contributed by atoms with Gasteiger partial charge in [-0.05, 0) is 18.6 Å². The monoisotopic (exact) mass is 241 g/mol. The number of hydrogen-bond acceptors (Lipinski definition) is 2. The van der Waals surface area contributed by atoms with Crippen molar-refractivity contribution in [2.45, 2.75) is 13.3 Å². The summed E-state index contributed by atoms with van der Waals surface area (Å²) >= 11 is 0. The zero-order valence-corrected chi connectivity index (χ0v) is 9.34. The highest BCUT2D eigenvalue weighted by Gasteiger charge is 2.04. The average molecular weight is 241 g/mol. The van der Waals surface area contributed by atoms with Gasteiger partial charge in [-0.3, -0.25) is 0 Å². The standard InChI is InChI=1S/C12H13F2NO2/c1-2-8(12(16)17)5-6-15-11-4-3-9(13)7-10(11)14/h3-5,7,15H,2,6H2,1H3,(H,16,17)/b8-5-. The molecule has 5 heteroatoms. The highest BCUT2D eigenvalue weighted by atomic mass is 19.1. The molecule has 0 atom stereocenters. The van der Waals surface area contributed by atoms with E-state index in [1.54, 1.807) is 6.92 Å². The van der Waals surface area contributed by atoms with Crippen LogP contribution in [0.4, 0.5) is 14.5 Å². The van der Waals surface area contributed by atoms with Crippen LogP contribution in [-0.2, 0) is 4.79 Å². The quantitative estimate of drug-likeness (QED) is 0.779. The predicted molar refractivity (Wildman–Crippen MR) is 60.9 cm³/mol. The summed E-state index contributed by atoms with van der Waals surface area (Å²) in [6, 6.07) is 3.17. The predicted octanol–water partition coefficient (Wildman–Crippen LogP) is 2.80. The van der Waals surface area contributed by atoms with E-state index >= 15 is 0 Å². The Morgan fingerprint density at radius 2 is 2.18 bits per heavy atom. The molecule has 1 rings (SSSR count). The van der Waals surface area contributed by atoms with E-state index in [9.17, 15) is 13.6 Å². The Hall–Kier alpha value is -1.91. The van der Waals surface area contributed by atoms with E-state index in [1.165, 1.54) is 12.1 Å². The Balaban J connectivity index is 2.65. The summed E-state index contributed by atoms with van der Waals surface area (Å²) in [5.41, 5.74) is 0.392. The van der Waals surface area contributed by atoms with Crippen molar-refractivity contribution >= 4 is 11.7 Å². The van der Waals surface area contributed by atoms with Crippen LogP contribution in [0, 0.1) is 11.6 Å². The topological polar surface area (TPSA) is 49.3 Å². The Kier molecular flexibility index (Phi) is 4.63. The molecule has 0 radical (unpaired) electrons. The van der Waals surface area contributed by atoms with Crippen molar-refractivity contribution in [3.8, 4) is 0 Å². The number of carboxylic acid groups (broad SMARTS) is 1. The zero-order chi connectivity index (χ0) is 12.8. The molecular formula is C12H13F2NO2. The van der Waals surface area contributed by atoms with Crippen molar-refractivity contribution in [1.82, 2.24) is 0 Å². The summed E-state index contributed by atoms with van der Waals surface area (Å²) in [5.74, 6) is -2.34. The Morgan fingerprint density at radius 1 is 1.47 bits per heavy atom. The van der Waals surface area contributed by atoms with Gasteiger partial charge in [0.2, 0.25) is 0 Å². The van der Waals surface area contributed by atoms with Crippen molar-refractivity contribution in [2.24, 2.45) is 0 Å². The summed E-state index contributed by atoms with van der Waals surface area (Å²) in [7, 11) is 0. The molecule has 0 aliphatic heterocycles. The highest BCUT2D eigenvalue weighted by molar-refractivity contribution is 5.86. The smallest absolute Gasteiger partial charge is 0.331 e. The normalized spacial score (nSPS) is 11.4. The number of hydrogen-bond donors (Lipinski definition) is 2. The molecule has 1 aromatic carbocycles. The molecule has 0 saturated carbocycles. The van der Waals surface area contributed by atoms with Gasteiger partial charge in [-0.15, -0.1) is 0 Å². The first-order valence-corrected chi connectivity index (χ1v) is 5.15. The number of nitrogens with one attached hydrogen (secondary N) is 1. The third-order valence-electron chi connectivity index (χ3n) is 2.23. The lowest BCUT2D eigenvalue weighted by Gasteiger charge is -2.05. The maximum atomic E-state index is 13.2. The number of aliphatic carboxylic acids is 1. The third-order valence-corrected chi connectivity index (χ3v) is 2.23. The van der Waals surface area contributed by atoms with E-state index in [0.717, 1.165) is 12.1 Å². The van der Waals surface area contributed by atoms with Crippen molar-refractivity contribution in [3.63, 3.8) is 0 Å². The van der Waals surface area contributed by atoms with Gasteiger partial charge in [-0.2, -0.15) is 0 Å². The van der Waals surface area contributed by atoms with Gasteiger partial charge in [0.25, 0.3) is 0 Å². The molecule has 0 aromatic heterocycles. The Bertz CT molecular complexity index is 444. The molecule has 0 aliphatic rings. The van der Waals surface area contributed by atoms with Gasteiger partial charge < -0.3 is 10.4 Å². The van der Waals surface area contributed by atoms with Gasteiger partial charge in [0, 0.05) is 18.2 Å². The van der Waals surface area contributed by atoms with Gasteiger partial charge in [-0.1, -0.05) is 13.0 Å². The molecule has 0 bridgehead atoms. The molecule has 17 heavy (non-hydrogen) atoms. The number of benzene rings is 1. The maximum absolute atomic E-state index is 13.2. The van der Waals surface area contributed by atoms with Gasteiger partial charge in [0.1, 0.15) is 11.6 Å². The van der Waals surface area contributed by atoms with Crippen LogP contribution in [0.3, 0.4) is 0 Å². The first-order valence-electron chi connectivity index (χ1n) is 5.15. The molecule has 0 unspecified atom stereocenters. The van der Waals surface area contributed by atoms with E-state index < -0.39 is 17.6 Å². The van der Waals surface area contributed by atoms with Crippen LogP contribution in [0.25, 0.3) is 0 Å². The molecule has 92 valence electrons. The van der Waals surface area contributed by atoms with E-state index in [0.29, 0.717) is 6.42 Å². The number of halogens is 2. The first kappa shape index (κ1) is 13.2. The Labute approximate surface area is 97.8 Å². The van der Waals surface area contributed by atoms with Crippen LogP contribution in [-0.4, -0.2) is 17.6 Å². The van der Waals surface area contributed by atoms with Crippen molar-refractivity contribution < 1.29 is 18.7 Å². The van der Waals surface area contributed by atoms with Gasteiger partial charge in [-0.25, -0.2) is 13.6 Å². The second kappa shape index (κ2) is 5.98. The van der Waals surface area contributed by atoms with Crippen LogP contribution < -0.4 is 5.32 Å². The molecule has 0 aliphatic carbocycles. The van der Waals surface area contributed by atoms with E-state index in [4.69, 9.17) is 5.11 Å². The molecule has 0 spiro atoms. The van der Waals surface area contributed by atoms with Gasteiger partial charge >= 0.3 is 5.97 Å². The van der Waals surface area contributed by atoms with Crippen LogP contribution in [0.15, 0.2) is 29.8 Å². The fraction of sp³-hybridized carbons (Fsp3) is 0.250. The van der Waals surface area contributed by atoms with Gasteiger partial charge in [0.15, 0.2) is 0 Å². The molecule has 0 fully saturated rings. The minimum Gasteiger partial charge on any atom is -0.478 e. The lowest BCUT2D eigenvalue weighted by Crippen LogP contribution is -2.05. The lowest BCUT2D eigenvalue weighted by atomic mass is 10.2. The van der Waals surface area contributed by atoms with E-state index in [1.807, 2.05) is 0 Å². The number of carboxylic acids is 1. The van der Waals surface area contributed by atoms with Crippen molar-refractivity contribution in [2.75, 3.05) is 11.9 Å². The minimum absolute atomic E-state index is 0.142. The van der Waals surface area contributed by atoms with Crippen molar-refractivity contribution in [3.05, 3.63) is 41.5 Å². The fourth-order valence-electron chi connectivity index (χ4n) is 1.30. The third kappa shape index (κ3) is 3.86. The number of carbonyl (C=O) groups is 1. The maximum Gasteiger partial charge on any atom is 0.331 e. The largest absolute Gasteiger partial charge is 0.478 e. The van der Waals surface area contributed by atoms with E-state index in [2.05, 4.69) is 5.32 Å². The molecule has 1 aromatic rings. The molecule has 3 nitrogen and oxygen atoms in total. The molecular weight excluding hydrogens is 228 g/mol. The summed E-state index contributed by atoms with van der Waals surface area (Å²) in [5, 5.41) is 11.4. The summed E-state index contributed by atoms with van der Waals surface area (Å²) in [6.45, 7) is 1.90. The summed E-state index contributed by atoms with van der Waals surface area (Å²) in [6.07, 6.45) is 1.86. The van der Waals surface area contributed by atoms with Gasteiger partial charge in [0.05, 0.1) is 5.69 Å². The molecule has 0 saturated heterocycles. The molecule has 0 heterocycles. The minimum atomic E-state index is -0.992. The highest BCUT2D eigenvalue weighted by Crippen LogP contribution is 2.14. The Morgan fingerprint density at radius 3 is 2.71 bits per heavy atom. The van der Waals surface area contributed by atoms with E-state index in [-0.39, 0.29) is 17.8 Å². The summed E-state index contributed by atoms with van der Waals surface area (Å²) in [4.78, 5) is 10.7. The molecule has 2 N–H and O–H groups in total. The SMILES string of the molecule is CC/C(=C/CNc1ccc(F)cc1F)C(=O)O. The summed E-state index contributed by atoms with van der Waals surface area (Å²) < 4.78 is 25.8. The fourth-order valence-corrected chi connectivity index (χ4v) is 1.30. The average Bonchev–Trinajstić information content (AvgIpc) is 2.26. The van der Waals surface area contributed by atoms with Crippen LogP contribution in [0.2, 0.25) is 0 Å². The number of anilines is 1. The zero-order valence-electron chi connectivity index (χ0n) is 9.34. The second-order valence-electron chi connectivity index (χ2n) is 3.39. The van der Waals surface area contributed by atoms with Crippen molar-refractivity contribution in [1.29, 1.82) is 0 Å². The van der Waals surface area contributed by atoms with Crippen LogP contribution >= 0.6 is 0 Å². The first-order chi connectivity index (χ1) is 8.04. The second-order valence-corrected chi connectivity index (χ2v) is 3.39. The number of rotatable bonds is 5. The van der Waals surface area contributed by atoms with Crippen LogP contribution in [0.1, 0.15) is 13.3 Å². The van der Waals surface area contributed by atoms with Crippen LogP contribution in [0.5, 0.6) is 0 Å². The lowest BCUT2D eigenvalue weighted by molar-refractivity contribution is -0.132. The molecule has 0 amide bonds.